The van der Waals surface area contributed by atoms with Crippen molar-refractivity contribution in [2.24, 2.45) is 0 Å². The smallest absolute Gasteiger partial charge is 0.396 e. The number of aromatic nitrogens is 2. The van der Waals surface area contributed by atoms with E-state index in [0.717, 1.165) is 74.9 Å². The number of hydrogen-bond donors (Lipinski definition) is 3. The third-order valence-corrected chi connectivity index (χ3v) is 6.15. The van der Waals surface area contributed by atoms with Crippen LogP contribution in [0.4, 0.5) is 13.2 Å². The van der Waals surface area contributed by atoms with Crippen LogP contribution in [0.25, 0.3) is 21.8 Å². The fourth-order valence-corrected chi connectivity index (χ4v) is 4.39. The number of nitrogens with one attached hydrogen (secondary N) is 2. The number of aliphatic hydroxyl groups excluding tert-OH is 1. The SMILES string of the molecule is Cc1c(C)n(CCCCCCNCCCCO)c2ccc3[nH]c(=O)cc(C(F)(F)F)c3c12. The Morgan fingerprint density at radius 1 is 1.00 bits per heavy atom. The van der Waals surface area contributed by atoms with Gasteiger partial charge in [-0.05, 0) is 70.3 Å². The average Bonchev–Trinajstić information content (AvgIpc) is 2.98. The van der Waals surface area contributed by atoms with Gasteiger partial charge in [0.2, 0.25) is 5.56 Å². The summed E-state index contributed by atoms with van der Waals surface area (Å²) in [6.07, 6.45) is 1.37. The van der Waals surface area contributed by atoms with E-state index in [1.165, 1.54) is 0 Å². The summed E-state index contributed by atoms with van der Waals surface area (Å²) < 4.78 is 43.3. The number of pyridine rings is 1. The maximum absolute atomic E-state index is 13.7. The minimum absolute atomic E-state index is 0.0706. The lowest BCUT2D eigenvalue weighted by atomic mass is 10.0. The van der Waals surface area contributed by atoms with Gasteiger partial charge in [0.15, 0.2) is 0 Å². The number of aryl methyl sites for hydroxylation is 2. The zero-order valence-corrected chi connectivity index (χ0v) is 18.7. The maximum Gasteiger partial charge on any atom is 0.417 e. The fraction of sp³-hybridized carbons (Fsp3) is 0.542. The van der Waals surface area contributed by atoms with E-state index in [1.54, 1.807) is 6.07 Å². The third kappa shape index (κ3) is 5.35. The molecule has 0 aliphatic heterocycles. The summed E-state index contributed by atoms with van der Waals surface area (Å²) in [7, 11) is 0. The van der Waals surface area contributed by atoms with E-state index in [2.05, 4.69) is 14.9 Å². The van der Waals surface area contributed by atoms with Gasteiger partial charge in [0.05, 0.1) is 5.56 Å². The molecule has 3 aromatic rings. The van der Waals surface area contributed by atoms with Crippen LogP contribution < -0.4 is 10.9 Å². The van der Waals surface area contributed by atoms with Crippen LogP contribution in [-0.4, -0.2) is 34.4 Å². The summed E-state index contributed by atoms with van der Waals surface area (Å²) in [6, 6.07) is 4.04. The highest BCUT2D eigenvalue weighted by Gasteiger charge is 2.34. The molecule has 0 amide bonds. The molecule has 0 atom stereocenters. The Balaban J connectivity index is 1.75. The molecule has 3 N–H and O–H groups in total. The minimum Gasteiger partial charge on any atom is -0.396 e. The van der Waals surface area contributed by atoms with Gasteiger partial charge in [-0.25, -0.2) is 0 Å². The molecule has 0 fully saturated rings. The Kier molecular flexibility index (Phi) is 8.00. The Morgan fingerprint density at radius 2 is 1.69 bits per heavy atom. The summed E-state index contributed by atoms with van der Waals surface area (Å²) in [5.74, 6) is 0. The van der Waals surface area contributed by atoms with E-state index < -0.39 is 17.3 Å². The molecule has 0 spiro atoms. The van der Waals surface area contributed by atoms with Crippen molar-refractivity contribution in [1.29, 1.82) is 0 Å². The lowest BCUT2D eigenvalue weighted by Gasteiger charge is -2.12. The Morgan fingerprint density at radius 3 is 2.38 bits per heavy atom. The number of unbranched alkanes of at least 4 members (excludes halogenated alkanes) is 4. The number of hydrogen-bond acceptors (Lipinski definition) is 3. The molecule has 0 unspecified atom stereocenters. The van der Waals surface area contributed by atoms with Gasteiger partial charge in [-0.15, -0.1) is 0 Å². The monoisotopic (exact) mass is 451 g/mol. The second kappa shape index (κ2) is 10.5. The van der Waals surface area contributed by atoms with Crippen molar-refractivity contribution in [3.8, 4) is 0 Å². The van der Waals surface area contributed by atoms with Crippen LogP contribution >= 0.6 is 0 Å². The summed E-state index contributed by atoms with van der Waals surface area (Å²) in [4.78, 5) is 14.3. The molecule has 1 aromatic carbocycles. The Hall–Kier alpha value is -2.32. The Bertz CT molecular complexity index is 1120. The van der Waals surface area contributed by atoms with E-state index in [4.69, 9.17) is 5.11 Å². The quantitative estimate of drug-likeness (QED) is 0.358. The summed E-state index contributed by atoms with van der Waals surface area (Å²) >= 11 is 0. The van der Waals surface area contributed by atoms with Gasteiger partial charge >= 0.3 is 6.18 Å². The molecular weight excluding hydrogens is 419 g/mol. The van der Waals surface area contributed by atoms with Crippen molar-refractivity contribution in [2.75, 3.05) is 19.7 Å². The van der Waals surface area contributed by atoms with Crippen molar-refractivity contribution in [3.05, 3.63) is 45.4 Å². The first-order chi connectivity index (χ1) is 15.3. The van der Waals surface area contributed by atoms with Crippen molar-refractivity contribution < 1.29 is 18.3 Å². The van der Waals surface area contributed by atoms with Gasteiger partial charge < -0.3 is 20.0 Å². The van der Waals surface area contributed by atoms with E-state index in [-0.39, 0.29) is 17.5 Å². The van der Waals surface area contributed by atoms with Crippen LogP contribution in [0.3, 0.4) is 0 Å². The van der Waals surface area contributed by atoms with Crippen LogP contribution in [-0.2, 0) is 12.7 Å². The van der Waals surface area contributed by atoms with Crippen molar-refractivity contribution in [2.45, 2.75) is 65.1 Å². The van der Waals surface area contributed by atoms with E-state index in [9.17, 15) is 18.0 Å². The highest BCUT2D eigenvalue weighted by molar-refractivity contribution is 6.09. The van der Waals surface area contributed by atoms with Gasteiger partial charge in [0.25, 0.3) is 0 Å². The molecule has 0 aliphatic carbocycles. The van der Waals surface area contributed by atoms with Gasteiger partial charge in [0.1, 0.15) is 0 Å². The molecule has 32 heavy (non-hydrogen) atoms. The average molecular weight is 452 g/mol. The zero-order valence-electron chi connectivity index (χ0n) is 18.7. The van der Waals surface area contributed by atoms with Crippen LogP contribution in [0.2, 0.25) is 0 Å². The normalized spacial score (nSPS) is 12.3. The summed E-state index contributed by atoms with van der Waals surface area (Å²) in [5, 5.41) is 12.8. The molecule has 0 saturated heterocycles. The first-order valence-electron chi connectivity index (χ1n) is 11.3. The van der Waals surface area contributed by atoms with E-state index in [1.807, 2.05) is 19.9 Å². The highest BCUT2D eigenvalue weighted by atomic mass is 19.4. The van der Waals surface area contributed by atoms with Gasteiger partial charge in [-0.2, -0.15) is 13.2 Å². The van der Waals surface area contributed by atoms with Gasteiger partial charge in [0, 0.05) is 46.7 Å². The number of fused-ring (bicyclic) bond motifs is 3. The van der Waals surface area contributed by atoms with Crippen molar-refractivity contribution in [1.82, 2.24) is 14.9 Å². The lowest BCUT2D eigenvalue weighted by Crippen LogP contribution is -2.16. The topological polar surface area (TPSA) is 70.0 Å². The number of halogens is 3. The van der Waals surface area contributed by atoms with Gasteiger partial charge in [-0.3, -0.25) is 4.79 Å². The van der Waals surface area contributed by atoms with Crippen molar-refractivity contribution >= 4 is 21.8 Å². The third-order valence-electron chi connectivity index (χ3n) is 6.15. The molecule has 0 bridgehead atoms. The molecule has 2 aromatic heterocycles. The molecule has 3 rings (SSSR count). The number of alkyl halides is 3. The van der Waals surface area contributed by atoms with Crippen LogP contribution in [0.15, 0.2) is 23.0 Å². The molecule has 8 heteroatoms. The first kappa shape index (κ1) is 24.3. The number of H-pyrrole nitrogens is 1. The second-order valence-corrected chi connectivity index (χ2v) is 8.38. The second-order valence-electron chi connectivity index (χ2n) is 8.38. The number of aliphatic hydroxyl groups is 1. The molecule has 0 radical (unpaired) electrons. The van der Waals surface area contributed by atoms with E-state index >= 15 is 0 Å². The number of benzene rings is 1. The van der Waals surface area contributed by atoms with E-state index in [0.29, 0.717) is 11.5 Å². The van der Waals surface area contributed by atoms with Crippen LogP contribution in [0.1, 0.15) is 55.3 Å². The minimum atomic E-state index is -4.60. The Labute approximate surface area is 185 Å². The molecule has 0 saturated carbocycles. The van der Waals surface area contributed by atoms with Crippen LogP contribution in [0.5, 0.6) is 0 Å². The largest absolute Gasteiger partial charge is 0.417 e. The van der Waals surface area contributed by atoms with Crippen LogP contribution in [0, 0.1) is 13.8 Å². The highest BCUT2D eigenvalue weighted by Crippen LogP contribution is 2.39. The predicted octanol–water partition coefficient (Wildman–Crippen LogP) is 5.04. The predicted molar refractivity (Wildman–Crippen MR) is 122 cm³/mol. The van der Waals surface area contributed by atoms with Gasteiger partial charge in [-0.1, -0.05) is 12.8 Å². The number of nitrogens with zero attached hydrogens (tertiary/aromatic N) is 1. The lowest BCUT2D eigenvalue weighted by molar-refractivity contribution is -0.136. The molecular formula is C24H32F3N3O2. The summed E-state index contributed by atoms with van der Waals surface area (Å²) in [6.45, 7) is 6.65. The number of rotatable bonds is 11. The summed E-state index contributed by atoms with van der Waals surface area (Å²) in [5.41, 5.74) is 1.13. The fourth-order valence-electron chi connectivity index (χ4n) is 4.39. The number of aromatic amines is 1. The molecule has 176 valence electrons. The zero-order chi connectivity index (χ0) is 23.3. The standard InChI is InChI=1S/C24H32F3N3O2/c1-16-17(2)30(13-7-4-3-5-11-28-12-6-8-14-31)20-10-9-19-23(22(16)20)18(24(25,26)27)15-21(32)29-19/h9-10,15,28,31H,3-8,11-14H2,1-2H3,(H,29,32). The van der Waals surface area contributed by atoms with Crippen molar-refractivity contribution in [3.63, 3.8) is 0 Å². The molecule has 5 nitrogen and oxygen atoms in total. The molecule has 0 aliphatic rings. The first-order valence-corrected chi connectivity index (χ1v) is 11.3. The maximum atomic E-state index is 13.7. The molecule has 2 heterocycles.